The molecule has 0 bridgehead atoms. The second kappa shape index (κ2) is 11.0. The van der Waals surface area contributed by atoms with Gasteiger partial charge in [-0.2, -0.15) is 12.1 Å². The molecule has 0 saturated heterocycles. The molecule has 2 heteroatoms. The van der Waals surface area contributed by atoms with Crippen LogP contribution in [0.2, 0.25) is 0 Å². The van der Waals surface area contributed by atoms with Gasteiger partial charge in [-0.15, -0.1) is 80.9 Å². The van der Waals surface area contributed by atoms with Gasteiger partial charge in [0.1, 0.15) is 0 Å². The van der Waals surface area contributed by atoms with E-state index in [2.05, 4.69) is 140 Å². The zero-order chi connectivity index (χ0) is 21.8. The second-order valence-electron chi connectivity index (χ2n) is 8.01. The average Bonchev–Trinajstić information content (AvgIpc) is 3.43. The van der Waals surface area contributed by atoms with Crippen LogP contribution in [-0.4, -0.2) is 0 Å². The molecule has 33 heavy (non-hydrogen) atoms. The molecule has 160 valence electrons. The van der Waals surface area contributed by atoms with Gasteiger partial charge >= 0.3 is 0 Å². The van der Waals surface area contributed by atoms with E-state index >= 15 is 0 Å². The van der Waals surface area contributed by atoms with Gasteiger partial charge in [0.15, 0.2) is 0 Å². The molecule has 0 radical (unpaired) electrons. The van der Waals surface area contributed by atoms with Crippen molar-refractivity contribution in [1.82, 2.24) is 0 Å². The Morgan fingerprint density at radius 2 is 0.970 bits per heavy atom. The van der Waals surface area contributed by atoms with Gasteiger partial charge < -0.3 is 0 Å². The molecule has 0 heterocycles. The van der Waals surface area contributed by atoms with Gasteiger partial charge in [-0.05, 0) is 18.5 Å². The third kappa shape index (κ3) is 5.49. The van der Waals surface area contributed by atoms with Gasteiger partial charge in [-0.3, -0.25) is 0 Å². The fourth-order valence-corrected chi connectivity index (χ4v) is 6.54. The molecule has 0 fully saturated rings. The molecule has 0 aliphatic carbocycles. The van der Waals surface area contributed by atoms with Crippen molar-refractivity contribution in [1.29, 1.82) is 0 Å². The minimum atomic E-state index is -0.493. The molecule has 0 saturated carbocycles. The number of benzene rings is 4. The summed E-state index contributed by atoms with van der Waals surface area (Å²) in [5.41, 5.74) is 1.35. The number of hydrogen-bond donors (Lipinski definition) is 0. The summed E-state index contributed by atoms with van der Waals surface area (Å²) < 4.78 is 0. The molecule has 0 unspecified atom stereocenters. The van der Waals surface area contributed by atoms with E-state index in [9.17, 15) is 0 Å². The Kier molecular flexibility index (Phi) is 7.86. The van der Waals surface area contributed by atoms with Crippen LogP contribution in [0.15, 0.2) is 133 Å². The summed E-state index contributed by atoms with van der Waals surface area (Å²) in [4.78, 5) is 0. The molecule has 6 aromatic rings. The van der Waals surface area contributed by atoms with Crippen LogP contribution in [0.5, 0.6) is 0 Å². The summed E-state index contributed by atoms with van der Waals surface area (Å²) >= 11 is 0. The summed E-state index contributed by atoms with van der Waals surface area (Å²) in [6.07, 6.45) is 0. The van der Waals surface area contributed by atoms with Gasteiger partial charge in [0.05, 0.1) is 0 Å². The van der Waals surface area contributed by atoms with Crippen LogP contribution in [0.4, 0.5) is 0 Å². The van der Waals surface area contributed by atoms with E-state index in [1.54, 1.807) is 0 Å². The zero-order valence-electron chi connectivity index (χ0n) is 18.6. The number of rotatable bonds is 3. The third-order valence-electron chi connectivity index (χ3n) is 5.65. The van der Waals surface area contributed by atoms with Crippen LogP contribution in [-0.2, 0) is 25.8 Å². The van der Waals surface area contributed by atoms with E-state index in [0.717, 1.165) is 0 Å². The maximum absolute atomic E-state index is 2.35. The maximum atomic E-state index is 2.35. The van der Waals surface area contributed by atoms with Gasteiger partial charge in [0.2, 0.25) is 0 Å². The number of fused-ring (bicyclic) bond motifs is 2. The molecular formula is C31H25HfP-2. The van der Waals surface area contributed by atoms with Crippen molar-refractivity contribution in [3.8, 4) is 0 Å². The predicted octanol–water partition coefficient (Wildman–Crippen LogP) is 7.18. The average molecular weight is 607 g/mol. The monoisotopic (exact) mass is 608 g/mol. The number of aryl methyl sites for hydroxylation is 1. The fourth-order valence-electron chi connectivity index (χ4n) is 4.17. The van der Waals surface area contributed by atoms with Crippen LogP contribution in [0, 0.1) is 6.92 Å². The van der Waals surface area contributed by atoms with Crippen LogP contribution in [0.1, 0.15) is 5.56 Å². The van der Waals surface area contributed by atoms with E-state index in [4.69, 9.17) is 0 Å². The summed E-state index contributed by atoms with van der Waals surface area (Å²) in [5, 5.41) is 9.58. The first-order chi connectivity index (χ1) is 15.8. The van der Waals surface area contributed by atoms with E-state index < -0.39 is 7.92 Å². The Morgan fingerprint density at radius 3 is 1.48 bits per heavy atom. The molecule has 0 N–H and O–H groups in total. The molecule has 0 aromatic heterocycles. The van der Waals surface area contributed by atoms with Crippen molar-refractivity contribution >= 4 is 45.4 Å². The van der Waals surface area contributed by atoms with Gasteiger partial charge in [0.25, 0.3) is 0 Å². The third-order valence-corrected chi connectivity index (χ3v) is 8.06. The normalized spacial score (nSPS) is 10.6. The Balaban J connectivity index is 0.000000198. The molecular weight excluding hydrogens is 582 g/mol. The van der Waals surface area contributed by atoms with E-state index in [1.165, 1.54) is 43.0 Å². The van der Waals surface area contributed by atoms with Gasteiger partial charge in [-0.1, -0.05) is 79.7 Å². The van der Waals surface area contributed by atoms with E-state index in [-0.39, 0.29) is 25.8 Å². The topological polar surface area (TPSA) is 0 Å². The fraction of sp³-hybridized carbons (Fsp3) is 0.0323. The first-order valence-corrected chi connectivity index (χ1v) is 12.3. The molecule has 6 aromatic carbocycles. The van der Waals surface area contributed by atoms with Crippen LogP contribution >= 0.6 is 7.92 Å². The summed E-state index contributed by atoms with van der Waals surface area (Å²) in [5.74, 6) is 0. The Labute approximate surface area is 216 Å². The first kappa shape index (κ1) is 23.6. The van der Waals surface area contributed by atoms with Gasteiger partial charge in [-0.25, -0.2) is 0 Å². The second-order valence-corrected chi connectivity index (χ2v) is 10.2. The molecule has 0 atom stereocenters. The first-order valence-electron chi connectivity index (χ1n) is 11.0. The SMILES string of the molecule is Cc1cc2ccccc2[cH-]1.[Hf].c1ccc(P(c2ccccc2)c2cc3ccccc3[cH-]2)cc1. The van der Waals surface area contributed by atoms with Crippen molar-refractivity contribution in [2.24, 2.45) is 0 Å². The van der Waals surface area contributed by atoms with Gasteiger partial charge in [0, 0.05) is 25.8 Å². The van der Waals surface area contributed by atoms with Crippen molar-refractivity contribution in [2.45, 2.75) is 6.92 Å². The largest absolute Gasteiger partial charge is 0.165 e. The van der Waals surface area contributed by atoms with Crippen molar-refractivity contribution in [3.63, 3.8) is 0 Å². The van der Waals surface area contributed by atoms with Crippen molar-refractivity contribution in [3.05, 3.63) is 139 Å². The number of hydrogen-bond acceptors (Lipinski definition) is 0. The van der Waals surface area contributed by atoms with Crippen LogP contribution < -0.4 is 15.9 Å². The Morgan fingerprint density at radius 1 is 0.515 bits per heavy atom. The molecule has 6 rings (SSSR count). The molecule has 0 spiro atoms. The molecule has 0 amide bonds. The summed E-state index contributed by atoms with van der Waals surface area (Å²) in [7, 11) is -0.493. The van der Waals surface area contributed by atoms with Crippen molar-refractivity contribution < 1.29 is 25.8 Å². The molecule has 0 aliphatic heterocycles. The smallest absolute Gasteiger partial charge is 0 e. The molecule has 0 nitrogen and oxygen atoms in total. The predicted molar refractivity (Wildman–Crippen MR) is 143 cm³/mol. The Bertz CT molecular complexity index is 1320. The minimum Gasteiger partial charge on any atom is -0.165 e. The minimum absolute atomic E-state index is 0. The standard InChI is InChI=1S/C21H16P.C10H9.Hf/c1-3-11-19(12-4-1)22(20-13-5-2-6-14-20)21-15-17-9-7-8-10-18(17)16-21;1-8-6-9-4-2-3-5-10(9)7-8;/h1-16H;2-7H,1H3;/q2*-1;. The van der Waals surface area contributed by atoms with Crippen LogP contribution in [0.3, 0.4) is 0 Å². The quantitative estimate of drug-likeness (QED) is 0.114. The molecule has 0 aliphatic rings. The van der Waals surface area contributed by atoms with Crippen LogP contribution in [0.25, 0.3) is 21.5 Å². The summed E-state index contributed by atoms with van der Waals surface area (Å²) in [6.45, 7) is 2.12. The summed E-state index contributed by atoms with van der Waals surface area (Å²) in [6, 6.07) is 47.8. The van der Waals surface area contributed by atoms with E-state index in [1.807, 2.05) is 0 Å². The van der Waals surface area contributed by atoms with E-state index in [0.29, 0.717) is 0 Å². The van der Waals surface area contributed by atoms with Crippen molar-refractivity contribution in [2.75, 3.05) is 0 Å². The zero-order valence-corrected chi connectivity index (χ0v) is 23.1. The Hall–Kier alpha value is -2.60. The maximum Gasteiger partial charge on any atom is 0 e.